The molecule has 2 aliphatic carbocycles. The summed E-state index contributed by atoms with van der Waals surface area (Å²) in [7, 11) is -11.6. The van der Waals surface area contributed by atoms with E-state index < -0.39 is 239 Å². The Morgan fingerprint density at radius 1 is 0.535 bits per heavy atom. The number of alkyl halides is 3. The Kier molecular flexibility index (Phi) is 39.7. The van der Waals surface area contributed by atoms with E-state index in [4.69, 9.17) is 69.8 Å². The van der Waals surface area contributed by atoms with Gasteiger partial charge in [-0.1, -0.05) is 91.7 Å². The lowest BCUT2D eigenvalue weighted by Crippen LogP contribution is -2.53. The molecule has 0 radical (unpaired) electrons. The smallest absolute Gasteiger partial charge is 0.462 e. The SMILES string of the molecule is C.C.CC(C)OC(=O)[C@H](C)NP(=O)(OCCSC(=O)C(C)(C)CO)OC[C@@]1(CF)O[C@@H](n2ccc(=O)[nH]c2=O)[C@](C)(O)[C@@H]1O.CCC(C)(C)C(=O)SCCOP(=O)(N[C@@H](C)C(=O)OC(C)C)OC[C@@]1(CF)O[C@@H](n2ccc(=O)[nH]c2=O)[C@]2(C)OC3(CCCC3)O[C@H]12.CCC(C)(C)C(=O)SCCO[P+](=O)OC[C@@]1(CF)O[C@@H](n2ccc(=O)[nH]c2=O)[C@]2(C)OC3(CCCC3)O[C@H]12. The van der Waals surface area contributed by atoms with Crippen LogP contribution in [0.5, 0.6) is 0 Å². The molecule has 734 valence electrons. The number of fused-ring (bicyclic) bond motifs is 2. The molecule has 2 spiro atoms. The van der Waals surface area contributed by atoms with E-state index in [0.717, 1.165) is 106 Å². The van der Waals surface area contributed by atoms with E-state index in [1.54, 1.807) is 41.5 Å². The van der Waals surface area contributed by atoms with Crippen molar-refractivity contribution in [3.8, 4) is 0 Å². The van der Waals surface area contributed by atoms with Crippen LogP contribution in [0.3, 0.4) is 0 Å². The summed E-state index contributed by atoms with van der Waals surface area (Å²) < 4.78 is 175. The number of aromatic nitrogens is 6. The number of thioether (sulfide) groups is 3. The summed E-state index contributed by atoms with van der Waals surface area (Å²) in [6, 6.07) is 0.822. The fourth-order valence-electron chi connectivity index (χ4n) is 14.8. The highest BCUT2D eigenvalue weighted by Gasteiger charge is 2.75. The third-order valence-corrected chi connectivity index (χ3v) is 30.4. The Hall–Kier alpha value is -5.33. The second kappa shape index (κ2) is 45.5. The van der Waals surface area contributed by atoms with Crippen LogP contribution < -0.4 is 43.9 Å². The minimum Gasteiger partial charge on any atom is -0.462 e. The van der Waals surface area contributed by atoms with Crippen LogP contribution in [0, 0.1) is 16.2 Å². The number of hydrogen-bond acceptors (Lipinski definition) is 35. The maximum atomic E-state index is 15.4. The predicted octanol–water partition coefficient (Wildman–Crippen LogP) is 9.10. The summed E-state index contributed by atoms with van der Waals surface area (Å²) in [6.07, 6.45) is 1.08. The third-order valence-electron chi connectivity index (χ3n) is 22.7. The average molecular weight is 1960 g/mol. The molecule has 0 aromatic carbocycles. The Morgan fingerprint density at radius 3 is 1.21 bits per heavy atom. The van der Waals surface area contributed by atoms with Crippen molar-refractivity contribution in [1.82, 2.24) is 38.8 Å². The molecule has 7 fully saturated rings. The molecule has 3 aromatic heterocycles. The number of hydrogen-bond donors (Lipinski definition) is 8. The van der Waals surface area contributed by atoms with Gasteiger partial charge in [0.1, 0.15) is 80.4 Å². The maximum absolute atomic E-state index is 15.4. The van der Waals surface area contributed by atoms with Crippen LogP contribution in [0.1, 0.15) is 215 Å². The molecular formula is C80H129F3N8O32P3S3+. The van der Waals surface area contributed by atoms with Crippen LogP contribution in [-0.4, -0.2) is 243 Å². The van der Waals surface area contributed by atoms with Gasteiger partial charge in [0.15, 0.2) is 62.4 Å². The first-order valence-electron chi connectivity index (χ1n) is 41.6. The van der Waals surface area contributed by atoms with Gasteiger partial charge in [-0.3, -0.25) is 85.1 Å². The number of aromatic amines is 3. The van der Waals surface area contributed by atoms with Crippen LogP contribution in [-0.2, 0) is 107 Å². The van der Waals surface area contributed by atoms with Gasteiger partial charge < -0.3 is 58.0 Å². The Labute approximate surface area is 759 Å². The van der Waals surface area contributed by atoms with Crippen molar-refractivity contribution in [3.05, 3.63) is 99.3 Å². The topological polar surface area (TPSA) is 524 Å². The Bertz CT molecular complexity index is 4840. The fraction of sp³-hybridized carbons (Fsp3) is 0.787. The van der Waals surface area contributed by atoms with E-state index in [9.17, 15) is 90.5 Å². The minimum atomic E-state index is -4.54. The van der Waals surface area contributed by atoms with E-state index in [1.807, 2.05) is 46.5 Å². The second-order valence-electron chi connectivity index (χ2n) is 35.1. The first-order chi connectivity index (χ1) is 59.2. The molecule has 40 nitrogen and oxygen atoms in total. The first kappa shape index (κ1) is 112. The van der Waals surface area contributed by atoms with Crippen LogP contribution in [0.2, 0.25) is 0 Å². The molecule has 3 unspecified atom stereocenters. The maximum Gasteiger partial charge on any atom is 0.697 e. The van der Waals surface area contributed by atoms with Crippen LogP contribution in [0.15, 0.2) is 65.6 Å². The number of aliphatic hydroxyl groups excluding tert-OH is 2. The molecule has 129 heavy (non-hydrogen) atoms. The van der Waals surface area contributed by atoms with Gasteiger partial charge in [0.2, 0.25) is 0 Å². The summed E-state index contributed by atoms with van der Waals surface area (Å²) in [5, 5.41) is 35.8. The van der Waals surface area contributed by atoms with Gasteiger partial charge in [0.25, 0.3) is 16.7 Å². The number of carbonyl (C=O) groups is 5. The van der Waals surface area contributed by atoms with Crippen molar-refractivity contribution < 1.29 is 136 Å². The molecule has 8 heterocycles. The van der Waals surface area contributed by atoms with Gasteiger partial charge in [-0.05, 0) is 115 Å². The van der Waals surface area contributed by atoms with E-state index in [1.165, 1.54) is 40.1 Å². The van der Waals surface area contributed by atoms with E-state index in [2.05, 4.69) is 20.1 Å². The number of nitrogens with zero attached hydrogens (tertiary/aromatic N) is 3. The highest BCUT2D eigenvalue weighted by molar-refractivity contribution is 8.14. The molecule has 5 aliphatic heterocycles. The molecule has 5 saturated heterocycles. The summed E-state index contributed by atoms with van der Waals surface area (Å²) in [5.74, 6) is -3.18. The van der Waals surface area contributed by atoms with Crippen molar-refractivity contribution in [2.45, 2.75) is 303 Å². The van der Waals surface area contributed by atoms with Gasteiger partial charge in [0.05, 0.1) is 50.7 Å². The zero-order valence-corrected chi connectivity index (χ0v) is 79.4. The van der Waals surface area contributed by atoms with Gasteiger partial charge in [-0.15, -0.1) is 9.05 Å². The zero-order valence-electron chi connectivity index (χ0n) is 74.2. The molecule has 7 aliphatic rings. The van der Waals surface area contributed by atoms with Crippen LogP contribution in [0.4, 0.5) is 13.2 Å². The fourth-order valence-corrected chi connectivity index (χ4v) is 21.4. The Morgan fingerprint density at radius 2 is 0.868 bits per heavy atom. The average Bonchev–Trinajstić information content (AvgIpc) is 1.54. The third kappa shape index (κ3) is 26.5. The number of nitrogens with one attached hydrogen (secondary N) is 5. The van der Waals surface area contributed by atoms with Crippen molar-refractivity contribution in [2.75, 3.05) is 83.5 Å². The highest BCUT2D eigenvalue weighted by atomic mass is 32.2. The molecule has 0 amide bonds. The number of aliphatic hydroxyl groups is 3. The predicted molar refractivity (Wildman–Crippen MR) is 469 cm³/mol. The van der Waals surface area contributed by atoms with Crippen molar-refractivity contribution >= 4 is 86.3 Å². The number of H-pyrrole nitrogens is 3. The number of ether oxygens (including phenoxy) is 9. The summed E-state index contributed by atoms with van der Waals surface area (Å²) >= 11 is 2.90. The van der Waals surface area contributed by atoms with Crippen molar-refractivity contribution in [3.63, 3.8) is 0 Å². The van der Waals surface area contributed by atoms with E-state index in [0.29, 0.717) is 38.5 Å². The lowest BCUT2D eigenvalue weighted by molar-refractivity contribution is -0.252. The van der Waals surface area contributed by atoms with Gasteiger partial charge >= 0.3 is 52.8 Å². The summed E-state index contributed by atoms with van der Waals surface area (Å²) in [6.45, 7) is 20.9. The second-order valence-corrected chi connectivity index (χ2v) is 42.8. The zero-order chi connectivity index (χ0) is 94.7. The molecule has 8 N–H and O–H groups in total. The normalized spacial score (nSPS) is 28.2. The number of esters is 2. The van der Waals surface area contributed by atoms with Crippen LogP contribution in [0.25, 0.3) is 0 Å². The molecule has 0 bridgehead atoms. The lowest BCUT2D eigenvalue weighted by Gasteiger charge is -2.34. The lowest BCUT2D eigenvalue weighted by atomic mass is 9.88. The van der Waals surface area contributed by atoms with Gasteiger partial charge in [0, 0.05) is 95.1 Å². The highest BCUT2D eigenvalue weighted by Crippen LogP contribution is 2.62. The standard InChI is InChI=1S/C30H47FN3O11PS.C24H39FN3O12PS.C24H34FN2O9PS.2CH4/c1-8-27(5,6)25(37)47-16-15-40-46(39,33-20(4)22(36)42-19(2)3)41-18-29(17-31)23-28(7,45-30(43-23)12-9-10-13-30)24(44-29)34-14-11-21(35)32-26(34)38;1-14(2)39-17(31)15(3)27-41(36,37-9-10-42-20(33)22(4,5)12-29)38-13-24(11-25)18(32)23(6,35)19(40-24)28-8-7-16(30)26-21(28)34;1-5-21(2,3)19(29)38-13-12-32-37(31)33-15-23(14-25)17-22(4,36-24(34-17)9-6-7-10-24)18(35-23)27-11-8-16(28)26-20(27)30;;/h11,14,19-20,23-24H,8-10,12-13,15-18H2,1-7H3,(H,33,39)(H,32,35,38);7-8,14-15,18-19,29,32,35H,9-13H2,1-6H3,(H,27,36)(H,26,30,34);8,11,17-18H,5-7,9-10,12-15H2,1-4H3;2*1H4/p+1/t20-,23-,24+,28+,29+,46?;15-,18-,19+,23+,24+,41?;17-,18+,22+,23+;;/m000../s1. The summed E-state index contributed by atoms with van der Waals surface area (Å²) in [5.41, 5.74) is -17.8. The first-order valence-corrected chi connectivity index (χ1v) is 48.7. The minimum absolute atomic E-state index is 0. The van der Waals surface area contributed by atoms with Crippen molar-refractivity contribution in [2.24, 2.45) is 16.2 Å². The molecule has 49 heteroatoms. The van der Waals surface area contributed by atoms with Gasteiger partial charge in [-0.2, -0.15) is 0 Å². The van der Waals surface area contributed by atoms with Crippen molar-refractivity contribution in [1.29, 1.82) is 0 Å². The molecular weight excluding hydrogens is 1830 g/mol. The van der Waals surface area contributed by atoms with E-state index in [-0.39, 0.29) is 67.3 Å². The molecule has 17 atom stereocenters. The monoisotopic (exact) mass is 1960 g/mol. The molecule has 10 rings (SSSR count). The Balaban J connectivity index is 0.000000298. The number of carbonyl (C=O) groups excluding carboxylic acids is 5. The summed E-state index contributed by atoms with van der Waals surface area (Å²) in [4.78, 5) is 141. The number of halogens is 3. The molecule has 3 aromatic rings. The van der Waals surface area contributed by atoms with Gasteiger partial charge in [-0.25, -0.2) is 46.9 Å². The number of rotatable bonds is 41. The quantitative estimate of drug-likeness (QED) is 0.0149. The molecule has 2 saturated carbocycles. The largest absolute Gasteiger partial charge is 0.697 e. The van der Waals surface area contributed by atoms with Crippen LogP contribution >= 0.6 is 59.0 Å². The van der Waals surface area contributed by atoms with E-state index >= 15 is 4.39 Å².